The Balaban J connectivity index is 1.83. The van der Waals surface area contributed by atoms with Gasteiger partial charge in [0.2, 0.25) is 5.28 Å². The summed E-state index contributed by atoms with van der Waals surface area (Å²) in [5.74, 6) is 0. The zero-order valence-corrected chi connectivity index (χ0v) is 14.1. The molecule has 0 aliphatic carbocycles. The predicted octanol–water partition coefficient (Wildman–Crippen LogP) is 4.67. The summed E-state index contributed by atoms with van der Waals surface area (Å²) in [6.45, 7) is 0.721. The molecule has 0 fully saturated rings. The van der Waals surface area contributed by atoms with Gasteiger partial charge in [-0.3, -0.25) is 4.90 Å². The standard InChI is InChI=1S/C18H15Cl2N3/c1-23-10-14-15(21-18(20)22-17(14)19)9-16(23)13-8-4-6-11-5-2-3-7-12(11)13/h2-8,16H,9-10H2,1H3. The molecular weight excluding hydrogens is 329 g/mol. The van der Waals surface area contributed by atoms with Crippen LogP contribution in [-0.2, 0) is 13.0 Å². The maximum atomic E-state index is 6.24. The van der Waals surface area contributed by atoms with Crippen molar-refractivity contribution in [3.05, 3.63) is 69.7 Å². The van der Waals surface area contributed by atoms with Crippen molar-refractivity contribution < 1.29 is 0 Å². The van der Waals surface area contributed by atoms with E-state index in [4.69, 9.17) is 23.2 Å². The highest BCUT2D eigenvalue weighted by Crippen LogP contribution is 2.36. The largest absolute Gasteiger partial charge is 0.295 e. The molecule has 0 saturated carbocycles. The first-order valence-electron chi connectivity index (χ1n) is 7.52. The maximum Gasteiger partial charge on any atom is 0.224 e. The third-order valence-electron chi connectivity index (χ3n) is 4.52. The molecule has 23 heavy (non-hydrogen) atoms. The van der Waals surface area contributed by atoms with Gasteiger partial charge in [-0.15, -0.1) is 0 Å². The molecule has 4 rings (SSSR count). The van der Waals surface area contributed by atoms with Crippen LogP contribution in [0.25, 0.3) is 10.8 Å². The first-order chi connectivity index (χ1) is 11.1. The maximum absolute atomic E-state index is 6.24. The van der Waals surface area contributed by atoms with E-state index >= 15 is 0 Å². The molecule has 0 radical (unpaired) electrons. The molecule has 0 spiro atoms. The van der Waals surface area contributed by atoms with E-state index < -0.39 is 0 Å². The quantitative estimate of drug-likeness (QED) is 0.475. The normalized spacial score (nSPS) is 18.1. The van der Waals surface area contributed by atoms with Crippen LogP contribution in [0.1, 0.15) is 22.9 Å². The van der Waals surface area contributed by atoms with Crippen LogP contribution in [-0.4, -0.2) is 21.9 Å². The van der Waals surface area contributed by atoms with E-state index in [1.54, 1.807) is 0 Å². The zero-order valence-electron chi connectivity index (χ0n) is 12.6. The summed E-state index contributed by atoms with van der Waals surface area (Å²) in [6, 6.07) is 15.2. The molecule has 1 aromatic heterocycles. The van der Waals surface area contributed by atoms with Crippen LogP contribution < -0.4 is 0 Å². The molecule has 0 bridgehead atoms. The number of fused-ring (bicyclic) bond motifs is 2. The van der Waals surface area contributed by atoms with Crippen LogP contribution in [0.3, 0.4) is 0 Å². The smallest absolute Gasteiger partial charge is 0.224 e. The topological polar surface area (TPSA) is 29.0 Å². The molecule has 3 aromatic rings. The van der Waals surface area contributed by atoms with E-state index in [0.717, 1.165) is 24.2 Å². The zero-order chi connectivity index (χ0) is 16.0. The SMILES string of the molecule is CN1Cc2c(Cl)nc(Cl)nc2CC1c1cccc2ccccc12. The lowest BCUT2D eigenvalue weighted by Gasteiger charge is -2.34. The van der Waals surface area contributed by atoms with Gasteiger partial charge in [-0.05, 0) is 35.0 Å². The van der Waals surface area contributed by atoms with Crippen molar-refractivity contribution in [3.8, 4) is 0 Å². The molecule has 116 valence electrons. The van der Waals surface area contributed by atoms with Gasteiger partial charge in [-0.2, -0.15) is 0 Å². The van der Waals surface area contributed by atoms with Crippen LogP contribution in [0.15, 0.2) is 42.5 Å². The van der Waals surface area contributed by atoms with E-state index in [0.29, 0.717) is 5.15 Å². The Hall–Kier alpha value is -1.68. The van der Waals surface area contributed by atoms with E-state index in [1.807, 2.05) is 0 Å². The van der Waals surface area contributed by atoms with Crippen LogP contribution >= 0.6 is 23.2 Å². The van der Waals surface area contributed by atoms with E-state index in [9.17, 15) is 0 Å². The third-order valence-corrected chi connectivity index (χ3v) is 5.01. The lowest BCUT2D eigenvalue weighted by atomic mass is 9.91. The highest BCUT2D eigenvalue weighted by Gasteiger charge is 2.29. The van der Waals surface area contributed by atoms with Crippen molar-refractivity contribution >= 4 is 34.0 Å². The number of halogens is 2. The summed E-state index contributed by atoms with van der Waals surface area (Å²) < 4.78 is 0. The van der Waals surface area contributed by atoms with Crippen LogP contribution in [0.2, 0.25) is 10.4 Å². The first-order valence-corrected chi connectivity index (χ1v) is 8.28. The number of nitrogens with zero attached hydrogens (tertiary/aromatic N) is 3. The van der Waals surface area contributed by atoms with Gasteiger partial charge in [0.25, 0.3) is 0 Å². The Kier molecular flexibility index (Phi) is 3.72. The monoisotopic (exact) mass is 343 g/mol. The van der Waals surface area contributed by atoms with Crippen molar-refractivity contribution in [2.24, 2.45) is 0 Å². The fraction of sp³-hybridized carbons (Fsp3) is 0.222. The average Bonchev–Trinajstić information content (AvgIpc) is 2.55. The second kappa shape index (κ2) is 5.75. The van der Waals surface area contributed by atoms with Crippen molar-refractivity contribution in [2.45, 2.75) is 19.0 Å². The molecule has 2 heterocycles. The molecule has 0 amide bonds. The fourth-order valence-electron chi connectivity index (χ4n) is 3.38. The molecule has 0 N–H and O–H groups in total. The number of rotatable bonds is 1. The molecule has 1 aliphatic heterocycles. The Morgan fingerprint density at radius 2 is 1.83 bits per heavy atom. The average molecular weight is 344 g/mol. The predicted molar refractivity (Wildman–Crippen MR) is 93.9 cm³/mol. The van der Waals surface area contributed by atoms with Crippen LogP contribution in [0, 0.1) is 0 Å². The van der Waals surface area contributed by atoms with Gasteiger partial charge >= 0.3 is 0 Å². The van der Waals surface area contributed by atoms with Crippen molar-refractivity contribution in [1.82, 2.24) is 14.9 Å². The minimum Gasteiger partial charge on any atom is -0.295 e. The molecule has 0 saturated heterocycles. The highest BCUT2D eigenvalue weighted by atomic mass is 35.5. The number of benzene rings is 2. The van der Waals surface area contributed by atoms with Crippen molar-refractivity contribution in [3.63, 3.8) is 0 Å². The molecule has 5 heteroatoms. The van der Waals surface area contributed by atoms with Gasteiger partial charge in [0, 0.05) is 24.6 Å². The van der Waals surface area contributed by atoms with E-state index in [1.165, 1.54) is 16.3 Å². The molecular formula is C18H15Cl2N3. The fourth-order valence-corrected chi connectivity index (χ4v) is 3.86. The third kappa shape index (κ3) is 2.59. The van der Waals surface area contributed by atoms with Crippen LogP contribution in [0.4, 0.5) is 0 Å². The summed E-state index contributed by atoms with van der Waals surface area (Å²) in [5, 5.41) is 3.21. The second-order valence-corrected chi connectivity index (χ2v) is 6.61. The molecule has 1 atom stereocenters. The second-order valence-electron chi connectivity index (χ2n) is 5.91. The number of likely N-dealkylation sites (N-methyl/N-ethyl adjacent to an activating group) is 1. The van der Waals surface area contributed by atoms with Gasteiger partial charge in [-0.1, -0.05) is 54.1 Å². The van der Waals surface area contributed by atoms with Gasteiger partial charge in [-0.25, -0.2) is 9.97 Å². The molecule has 1 unspecified atom stereocenters. The highest BCUT2D eigenvalue weighted by molar-refractivity contribution is 6.32. The number of hydrogen-bond acceptors (Lipinski definition) is 3. The summed E-state index contributed by atoms with van der Waals surface area (Å²) in [4.78, 5) is 10.8. The Morgan fingerprint density at radius 3 is 2.70 bits per heavy atom. The lowest BCUT2D eigenvalue weighted by Crippen LogP contribution is -2.32. The first kappa shape index (κ1) is 14.9. The van der Waals surface area contributed by atoms with Crippen molar-refractivity contribution in [1.29, 1.82) is 0 Å². The summed E-state index contributed by atoms with van der Waals surface area (Å²) in [7, 11) is 2.11. The van der Waals surface area contributed by atoms with Gasteiger partial charge in [0.05, 0.1) is 5.69 Å². The van der Waals surface area contributed by atoms with Crippen molar-refractivity contribution in [2.75, 3.05) is 7.05 Å². The summed E-state index contributed by atoms with van der Waals surface area (Å²) >= 11 is 12.2. The number of hydrogen-bond donors (Lipinski definition) is 0. The molecule has 2 aromatic carbocycles. The minimum atomic E-state index is 0.218. The van der Waals surface area contributed by atoms with Gasteiger partial charge in [0.15, 0.2) is 0 Å². The van der Waals surface area contributed by atoms with E-state index in [-0.39, 0.29) is 11.3 Å². The van der Waals surface area contributed by atoms with Crippen LogP contribution in [0.5, 0.6) is 0 Å². The minimum absolute atomic E-state index is 0.218. The Bertz CT molecular complexity index is 889. The summed E-state index contributed by atoms with van der Waals surface area (Å²) in [5.41, 5.74) is 3.24. The Morgan fingerprint density at radius 1 is 1.04 bits per heavy atom. The molecule has 3 nitrogen and oxygen atoms in total. The molecule has 1 aliphatic rings. The lowest BCUT2D eigenvalue weighted by molar-refractivity contribution is 0.216. The Labute approximate surface area is 144 Å². The summed E-state index contributed by atoms with van der Waals surface area (Å²) in [6.07, 6.45) is 0.780. The number of aromatic nitrogens is 2. The van der Waals surface area contributed by atoms with Gasteiger partial charge < -0.3 is 0 Å². The van der Waals surface area contributed by atoms with Gasteiger partial charge in [0.1, 0.15) is 5.15 Å². The van der Waals surface area contributed by atoms with E-state index in [2.05, 4.69) is 64.4 Å².